The molecule has 0 unspecified atom stereocenters. The first-order valence-electron chi connectivity index (χ1n) is 10.3. The molecule has 2 aliphatic rings. The predicted octanol–water partition coefficient (Wildman–Crippen LogP) is 1.61. The molecule has 1 heterocycles. The highest BCUT2D eigenvalue weighted by molar-refractivity contribution is 7.86. The number of nitrogens with zero attached hydrogens (tertiary/aromatic N) is 1. The lowest BCUT2D eigenvalue weighted by Gasteiger charge is -2.30. The van der Waals surface area contributed by atoms with Crippen LogP contribution < -0.4 is 4.90 Å². The van der Waals surface area contributed by atoms with E-state index in [2.05, 4.69) is 0 Å². The Morgan fingerprint density at radius 3 is 1.97 bits per heavy atom. The summed E-state index contributed by atoms with van der Waals surface area (Å²) < 4.78 is 43.7. The monoisotopic (exact) mass is 527 g/mol. The second kappa shape index (κ2) is 9.04. The molecule has 2 aromatic carbocycles. The largest absolute Gasteiger partial charge is 0.506 e. The van der Waals surface area contributed by atoms with E-state index in [1.807, 2.05) is 0 Å². The number of carbonyl (C=O) groups excluding carboxylic acids is 4. The zero-order valence-electron chi connectivity index (χ0n) is 19.1. The van der Waals surface area contributed by atoms with Gasteiger partial charge in [0, 0.05) is 17.3 Å². The SMILES string of the molecule is COC(=O)C1=C(C(=O)OC)N(c2c(O)c(S(=O)(=O)O)c(O)c3c2C(=O)c2ccccc2C3=O)C=CC=C1. The molecule has 0 bridgehead atoms. The van der Waals surface area contributed by atoms with Gasteiger partial charge in [-0.15, -0.1) is 0 Å². The maximum absolute atomic E-state index is 13.6. The van der Waals surface area contributed by atoms with E-state index in [9.17, 15) is 42.4 Å². The molecule has 4 rings (SSSR count). The summed E-state index contributed by atoms with van der Waals surface area (Å²) in [6, 6.07) is 5.44. The Kier molecular flexibility index (Phi) is 6.19. The molecule has 0 amide bonds. The molecule has 2 aromatic rings. The summed E-state index contributed by atoms with van der Waals surface area (Å²) in [7, 11) is -3.42. The van der Waals surface area contributed by atoms with E-state index in [0.29, 0.717) is 0 Å². The molecule has 1 aliphatic heterocycles. The highest BCUT2D eigenvalue weighted by atomic mass is 32.2. The van der Waals surface area contributed by atoms with Crippen molar-refractivity contribution in [3.8, 4) is 11.5 Å². The minimum atomic E-state index is -5.42. The molecule has 0 atom stereocenters. The number of aromatic hydroxyl groups is 2. The second-order valence-electron chi connectivity index (χ2n) is 7.62. The van der Waals surface area contributed by atoms with Crippen molar-refractivity contribution in [2.45, 2.75) is 4.90 Å². The topological polar surface area (TPSA) is 185 Å². The van der Waals surface area contributed by atoms with Gasteiger partial charge in [0.25, 0.3) is 0 Å². The van der Waals surface area contributed by atoms with Gasteiger partial charge in [0.15, 0.2) is 28.0 Å². The number of anilines is 1. The van der Waals surface area contributed by atoms with E-state index < -0.39 is 78.1 Å². The second-order valence-corrected chi connectivity index (χ2v) is 8.98. The summed E-state index contributed by atoms with van der Waals surface area (Å²) in [6.45, 7) is 0. The van der Waals surface area contributed by atoms with Gasteiger partial charge in [-0.3, -0.25) is 14.1 Å². The summed E-state index contributed by atoms with van der Waals surface area (Å²) in [5.41, 5.74) is -3.72. The van der Waals surface area contributed by atoms with Gasteiger partial charge in [0.1, 0.15) is 11.4 Å². The number of rotatable bonds is 4. The normalized spacial score (nSPS) is 14.7. The van der Waals surface area contributed by atoms with Crippen LogP contribution in [0.15, 0.2) is 64.9 Å². The van der Waals surface area contributed by atoms with Crippen LogP contribution in [0.5, 0.6) is 11.5 Å². The van der Waals surface area contributed by atoms with Crippen molar-refractivity contribution in [2.75, 3.05) is 19.1 Å². The number of ether oxygens (including phenoxy) is 2. The average molecular weight is 527 g/mol. The quantitative estimate of drug-likeness (QED) is 0.329. The van der Waals surface area contributed by atoms with Gasteiger partial charge in [0.05, 0.1) is 30.9 Å². The number of esters is 2. The summed E-state index contributed by atoms with van der Waals surface area (Å²) in [6.07, 6.45) is 4.78. The minimum Gasteiger partial charge on any atom is -0.506 e. The summed E-state index contributed by atoms with van der Waals surface area (Å²) in [5, 5.41) is 21.8. The first kappa shape index (κ1) is 25.3. The van der Waals surface area contributed by atoms with Crippen LogP contribution in [0.1, 0.15) is 31.8 Å². The van der Waals surface area contributed by atoms with Crippen molar-refractivity contribution >= 4 is 39.3 Å². The fraction of sp³-hybridized carbons (Fsp3) is 0.0833. The molecule has 0 fully saturated rings. The van der Waals surface area contributed by atoms with E-state index in [0.717, 1.165) is 31.4 Å². The number of phenolic OH excluding ortho intramolecular Hbond substituents is 2. The number of benzene rings is 2. The minimum absolute atomic E-state index is 0.145. The van der Waals surface area contributed by atoms with Crippen molar-refractivity contribution in [3.63, 3.8) is 0 Å². The molecule has 3 N–H and O–H groups in total. The lowest BCUT2D eigenvalue weighted by atomic mass is 9.82. The van der Waals surface area contributed by atoms with Crippen LogP contribution in [-0.2, 0) is 29.2 Å². The first-order valence-corrected chi connectivity index (χ1v) is 11.7. The maximum atomic E-state index is 13.6. The van der Waals surface area contributed by atoms with Crippen LogP contribution in [0.4, 0.5) is 5.69 Å². The third-order valence-corrected chi connectivity index (χ3v) is 6.54. The fourth-order valence-electron chi connectivity index (χ4n) is 4.09. The number of hydrogen-bond donors (Lipinski definition) is 3. The first-order chi connectivity index (χ1) is 17.4. The number of fused-ring (bicyclic) bond motifs is 2. The number of phenols is 2. The van der Waals surface area contributed by atoms with Crippen molar-refractivity contribution in [1.29, 1.82) is 0 Å². The third kappa shape index (κ3) is 3.86. The molecule has 13 heteroatoms. The van der Waals surface area contributed by atoms with Gasteiger partial charge in [-0.2, -0.15) is 8.42 Å². The van der Waals surface area contributed by atoms with Gasteiger partial charge in [0.2, 0.25) is 0 Å². The third-order valence-electron chi connectivity index (χ3n) is 5.64. The van der Waals surface area contributed by atoms with Crippen LogP contribution in [0.3, 0.4) is 0 Å². The molecule has 1 aliphatic carbocycles. The molecule has 0 aromatic heterocycles. The van der Waals surface area contributed by atoms with Gasteiger partial charge in [-0.05, 0) is 12.2 Å². The molecule has 0 radical (unpaired) electrons. The van der Waals surface area contributed by atoms with Gasteiger partial charge >= 0.3 is 22.1 Å². The highest BCUT2D eigenvalue weighted by Crippen LogP contribution is 2.50. The molecule has 190 valence electrons. The smallest absolute Gasteiger partial charge is 0.355 e. The van der Waals surface area contributed by atoms with Crippen LogP contribution in [0.25, 0.3) is 0 Å². The van der Waals surface area contributed by atoms with Gasteiger partial charge in [-0.25, -0.2) is 9.59 Å². The van der Waals surface area contributed by atoms with Gasteiger partial charge < -0.3 is 24.6 Å². The Hall–Kier alpha value is -4.75. The number of carbonyl (C=O) groups is 4. The van der Waals surface area contributed by atoms with Crippen LogP contribution in [0, 0.1) is 0 Å². The Morgan fingerprint density at radius 2 is 1.43 bits per heavy atom. The number of methoxy groups -OCH3 is 2. The van der Waals surface area contributed by atoms with Crippen molar-refractivity contribution < 1.29 is 51.8 Å². The van der Waals surface area contributed by atoms with E-state index in [1.54, 1.807) is 0 Å². The van der Waals surface area contributed by atoms with E-state index in [1.165, 1.54) is 36.4 Å². The number of hydrogen-bond acceptors (Lipinski definition) is 11. The summed E-state index contributed by atoms with van der Waals surface area (Å²) in [4.78, 5) is 51.6. The highest BCUT2D eigenvalue weighted by Gasteiger charge is 2.43. The zero-order chi connectivity index (χ0) is 27.2. The number of ketones is 2. The maximum Gasteiger partial charge on any atom is 0.355 e. The predicted molar refractivity (Wildman–Crippen MR) is 125 cm³/mol. The van der Waals surface area contributed by atoms with E-state index in [-0.39, 0.29) is 11.1 Å². The molecule has 37 heavy (non-hydrogen) atoms. The zero-order valence-corrected chi connectivity index (χ0v) is 19.9. The Labute approximate surface area is 209 Å². The van der Waals surface area contributed by atoms with E-state index in [4.69, 9.17) is 9.47 Å². The Morgan fingerprint density at radius 1 is 0.865 bits per heavy atom. The van der Waals surface area contributed by atoms with Crippen LogP contribution in [-0.4, -0.2) is 60.9 Å². The van der Waals surface area contributed by atoms with Crippen molar-refractivity contribution in [2.24, 2.45) is 0 Å². The van der Waals surface area contributed by atoms with Crippen molar-refractivity contribution in [3.05, 3.63) is 82.2 Å². The lowest BCUT2D eigenvalue weighted by Crippen LogP contribution is -2.31. The van der Waals surface area contributed by atoms with Gasteiger partial charge in [-0.1, -0.05) is 30.3 Å². The molecule has 12 nitrogen and oxygen atoms in total. The van der Waals surface area contributed by atoms with Crippen molar-refractivity contribution in [1.82, 2.24) is 0 Å². The van der Waals surface area contributed by atoms with Crippen LogP contribution >= 0.6 is 0 Å². The number of allylic oxidation sites excluding steroid dienone is 2. The van der Waals surface area contributed by atoms with E-state index >= 15 is 0 Å². The average Bonchev–Trinajstić information content (AvgIpc) is 3.08. The molecular weight excluding hydrogens is 510 g/mol. The fourth-order valence-corrected chi connectivity index (χ4v) is 4.78. The molecule has 0 saturated heterocycles. The molecule has 0 spiro atoms. The summed E-state index contributed by atoms with van der Waals surface area (Å²) >= 11 is 0. The lowest BCUT2D eigenvalue weighted by molar-refractivity contribution is -0.139. The standard InChI is InChI=1S/C24H17NO11S/c1-35-23(30)13-9-5-6-10-25(16(13)24(31)36-2)17-14-15(20(28)22(21(17)29)37(32,33)34)19(27)12-8-4-3-7-11(12)18(14)26/h3-10,28-29H,1-2H3,(H,32,33,34). The Bertz CT molecular complexity index is 1610. The molecule has 0 saturated carbocycles. The summed E-state index contributed by atoms with van der Waals surface area (Å²) in [5.74, 6) is -6.90. The molecular formula is C24H17NO11S. The van der Waals surface area contributed by atoms with Crippen LogP contribution in [0.2, 0.25) is 0 Å². The Balaban J connectivity index is 2.22.